The molecule has 0 N–H and O–H groups in total. The lowest BCUT2D eigenvalue weighted by Gasteiger charge is -2.38. The third-order valence-electron chi connectivity index (χ3n) is 4.54. The van der Waals surface area contributed by atoms with E-state index in [4.69, 9.17) is 4.42 Å². The van der Waals surface area contributed by atoms with E-state index >= 15 is 0 Å². The number of amides is 1. The van der Waals surface area contributed by atoms with Gasteiger partial charge in [-0.05, 0) is 25.0 Å². The molecule has 1 aliphatic rings. The molecule has 0 bridgehead atoms. The number of carbonyl (C=O) groups excluding carboxylic acids is 1. The van der Waals surface area contributed by atoms with Gasteiger partial charge >= 0.3 is 0 Å². The van der Waals surface area contributed by atoms with Crippen LogP contribution < -0.4 is 0 Å². The largest absolute Gasteiger partial charge is 0.411 e. The molecule has 8 heteroatoms. The summed E-state index contributed by atoms with van der Waals surface area (Å²) in [5.74, 6) is 0.431. The Morgan fingerprint density at radius 3 is 2.88 bits per heavy atom. The highest BCUT2D eigenvalue weighted by atomic mass is 32.2. The molecule has 0 radical (unpaired) electrons. The van der Waals surface area contributed by atoms with Gasteiger partial charge in [-0.2, -0.15) is 5.26 Å². The molecule has 0 aliphatic heterocycles. The molecule has 130 valence electrons. The molecule has 0 spiro atoms. The third-order valence-corrected chi connectivity index (χ3v) is 5.34. The van der Waals surface area contributed by atoms with E-state index < -0.39 is 5.54 Å². The topological polar surface area (TPSA) is 95.9 Å². The number of rotatable bonds is 5. The second-order valence-electron chi connectivity index (χ2n) is 6.06. The van der Waals surface area contributed by atoms with Crippen LogP contribution in [0.4, 0.5) is 0 Å². The standard InChI is InChI=1S/C17H19N5O2S/c1-22(17(12-18)7-3-2-4-8-17)14(23)11-25-16-21-20-15(24-16)13-6-5-9-19-10-13/h5-6,9-10H,2-4,7-8,11H2,1H3. The lowest BCUT2D eigenvalue weighted by Crippen LogP contribution is -2.50. The van der Waals surface area contributed by atoms with E-state index in [1.165, 1.54) is 11.8 Å². The van der Waals surface area contributed by atoms with Crippen LogP contribution in [0.15, 0.2) is 34.2 Å². The van der Waals surface area contributed by atoms with Crippen molar-refractivity contribution in [2.45, 2.75) is 42.9 Å². The molecule has 2 heterocycles. The number of hydrogen-bond acceptors (Lipinski definition) is 7. The number of nitriles is 1. The molecule has 2 aromatic heterocycles. The molecule has 0 unspecified atom stereocenters. The van der Waals surface area contributed by atoms with Gasteiger partial charge in [-0.25, -0.2) is 0 Å². The minimum Gasteiger partial charge on any atom is -0.411 e. The highest BCUT2D eigenvalue weighted by Crippen LogP contribution is 2.33. The first kappa shape index (κ1) is 17.4. The zero-order valence-electron chi connectivity index (χ0n) is 14.0. The zero-order valence-corrected chi connectivity index (χ0v) is 14.8. The van der Waals surface area contributed by atoms with Crippen molar-refractivity contribution in [1.29, 1.82) is 5.26 Å². The molecule has 3 rings (SSSR count). The Balaban J connectivity index is 1.61. The Morgan fingerprint density at radius 1 is 1.40 bits per heavy atom. The van der Waals surface area contributed by atoms with Crippen LogP contribution in [-0.4, -0.2) is 44.3 Å². The van der Waals surface area contributed by atoms with Gasteiger partial charge in [0, 0.05) is 19.4 Å². The molecular formula is C17H19N5O2S. The second kappa shape index (κ2) is 7.66. The normalized spacial score (nSPS) is 16.2. The number of pyridine rings is 1. The Kier molecular flexibility index (Phi) is 5.34. The van der Waals surface area contributed by atoms with Gasteiger partial charge in [-0.3, -0.25) is 9.78 Å². The van der Waals surface area contributed by atoms with Crippen LogP contribution in [0.25, 0.3) is 11.5 Å². The van der Waals surface area contributed by atoms with Gasteiger partial charge in [0.25, 0.3) is 5.22 Å². The summed E-state index contributed by atoms with van der Waals surface area (Å²) in [6.45, 7) is 0. The Hall–Kier alpha value is -2.40. The average Bonchev–Trinajstić information content (AvgIpc) is 3.16. The Bertz CT molecular complexity index is 765. The minimum absolute atomic E-state index is 0.102. The fraction of sp³-hybridized carbons (Fsp3) is 0.471. The van der Waals surface area contributed by atoms with Crippen LogP contribution in [0, 0.1) is 11.3 Å². The SMILES string of the molecule is CN(C(=O)CSc1nnc(-c2cccnc2)o1)C1(C#N)CCCCC1. The Morgan fingerprint density at radius 2 is 2.20 bits per heavy atom. The molecule has 2 aromatic rings. The highest BCUT2D eigenvalue weighted by Gasteiger charge is 2.38. The smallest absolute Gasteiger partial charge is 0.277 e. The summed E-state index contributed by atoms with van der Waals surface area (Å²) in [6.07, 6.45) is 7.87. The van der Waals surface area contributed by atoms with Gasteiger partial charge in [-0.1, -0.05) is 31.0 Å². The van der Waals surface area contributed by atoms with Crippen LogP contribution in [0.3, 0.4) is 0 Å². The monoisotopic (exact) mass is 357 g/mol. The first-order chi connectivity index (χ1) is 12.1. The number of carbonyl (C=O) groups is 1. The number of thioether (sulfide) groups is 1. The maximum absolute atomic E-state index is 12.5. The summed E-state index contributed by atoms with van der Waals surface area (Å²) in [7, 11) is 1.71. The molecule has 1 fully saturated rings. The van der Waals surface area contributed by atoms with Gasteiger partial charge in [-0.15, -0.1) is 10.2 Å². The van der Waals surface area contributed by atoms with Gasteiger partial charge < -0.3 is 9.32 Å². The first-order valence-electron chi connectivity index (χ1n) is 8.19. The molecule has 1 saturated carbocycles. The molecule has 1 aliphatic carbocycles. The predicted molar refractivity (Wildman–Crippen MR) is 92.5 cm³/mol. The van der Waals surface area contributed by atoms with Gasteiger partial charge in [0.05, 0.1) is 17.4 Å². The Labute approximate surface area is 150 Å². The quantitative estimate of drug-likeness (QED) is 0.759. The van der Waals surface area contributed by atoms with Gasteiger partial charge in [0.15, 0.2) is 0 Å². The highest BCUT2D eigenvalue weighted by molar-refractivity contribution is 7.99. The fourth-order valence-corrected chi connectivity index (χ4v) is 3.67. The van der Waals surface area contributed by atoms with Crippen molar-refractivity contribution in [3.05, 3.63) is 24.5 Å². The molecule has 7 nitrogen and oxygen atoms in total. The van der Waals surface area contributed by atoms with E-state index in [2.05, 4.69) is 21.3 Å². The summed E-state index contributed by atoms with van der Waals surface area (Å²) in [5.41, 5.74) is 0.0574. The van der Waals surface area contributed by atoms with Crippen molar-refractivity contribution in [3.63, 3.8) is 0 Å². The van der Waals surface area contributed by atoms with Crippen LogP contribution >= 0.6 is 11.8 Å². The van der Waals surface area contributed by atoms with Crippen molar-refractivity contribution in [1.82, 2.24) is 20.1 Å². The van der Waals surface area contributed by atoms with E-state index in [-0.39, 0.29) is 11.7 Å². The van der Waals surface area contributed by atoms with Crippen molar-refractivity contribution in [2.75, 3.05) is 12.8 Å². The van der Waals surface area contributed by atoms with E-state index in [9.17, 15) is 10.1 Å². The molecule has 0 aromatic carbocycles. The van der Waals surface area contributed by atoms with Gasteiger partial charge in [0.2, 0.25) is 11.8 Å². The third kappa shape index (κ3) is 3.82. The van der Waals surface area contributed by atoms with Crippen LogP contribution in [0.2, 0.25) is 0 Å². The first-order valence-corrected chi connectivity index (χ1v) is 9.18. The van der Waals surface area contributed by atoms with Gasteiger partial charge in [0.1, 0.15) is 5.54 Å². The predicted octanol–water partition coefficient (Wildman–Crippen LogP) is 2.91. The fourth-order valence-electron chi connectivity index (χ4n) is 2.99. The lowest BCUT2D eigenvalue weighted by molar-refractivity contribution is -0.131. The molecule has 1 amide bonds. The molecule has 0 atom stereocenters. The van der Waals surface area contributed by atoms with Crippen molar-refractivity contribution in [3.8, 4) is 17.5 Å². The van der Waals surface area contributed by atoms with E-state index in [0.717, 1.165) is 37.7 Å². The molecule has 25 heavy (non-hydrogen) atoms. The van der Waals surface area contributed by atoms with Crippen molar-refractivity contribution < 1.29 is 9.21 Å². The maximum atomic E-state index is 12.5. The number of aromatic nitrogens is 3. The number of nitrogens with zero attached hydrogens (tertiary/aromatic N) is 5. The summed E-state index contributed by atoms with van der Waals surface area (Å²) >= 11 is 1.18. The minimum atomic E-state index is -0.675. The van der Waals surface area contributed by atoms with Crippen molar-refractivity contribution >= 4 is 17.7 Å². The van der Waals surface area contributed by atoms with Crippen LogP contribution in [0.1, 0.15) is 32.1 Å². The van der Waals surface area contributed by atoms with E-state index in [1.54, 1.807) is 30.4 Å². The summed E-state index contributed by atoms with van der Waals surface area (Å²) in [6, 6.07) is 5.97. The second-order valence-corrected chi connectivity index (χ2v) is 6.99. The van der Waals surface area contributed by atoms with Crippen molar-refractivity contribution in [2.24, 2.45) is 0 Å². The van der Waals surface area contributed by atoms with E-state index in [1.807, 2.05) is 6.07 Å². The van der Waals surface area contributed by atoms with Crippen LogP contribution in [-0.2, 0) is 4.79 Å². The maximum Gasteiger partial charge on any atom is 0.277 e. The van der Waals surface area contributed by atoms with E-state index in [0.29, 0.717) is 11.1 Å². The number of hydrogen-bond donors (Lipinski definition) is 0. The summed E-state index contributed by atoms with van der Waals surface area (Å²) < 4.78 is 5.56. The summed E-state index contributed by atoms with van der Waals surface area (Å²) in [4.78, 5) is 18.1. The van der Waals surface area contributed by atoms with Crippen LogP contribution in [0.5, 0.6) is 0 Å². The lowest BCUT2D eigenvalue weighted by atomic mass is 9.81. The molecule has 0 saturated heterocycles. The average molecular weight is 357 g/mol. The summed E-state index contributed by atoms with van der Waals surface area (Å²) in [5, 5.41) is 17.8. The molecular weight excluding hydrogens is 338 g/mol. The zero-order chi connectivity index (χ0) is 17.7.